The van der Waals surface area contributed by atoms with Crippen molar-refractivity contribution in [1.29, 1.82) is 0 Å². The average Bonchev–Trinajstić information content (AvgIpc) is 2.92. The molecule has 2 aliphatic rings. The monoisotopic (exact) mass is 376 g/mol. The van der Waals surface area contributed by atoms with Crippen LogP contribution in [0, 0.1) is 17.7 Å². The van der Waals surface area contributed by atoms with Crippen molar-refractivity contribution in [2.24, 2.45) is 11.8 Å². The predicted molar refractivity (Wildman–Crippen MR) is 92.8 cm³/mol. The summed E-state index contributed by atoms with van der Waals surface area (Å²) < 4.78 is 17.8. The number of nitrogens with one attached hydrogen (secondary N) is 1. The van der Waals surface area contributed by atoms with E-state index in [9.17, 15) is 23.6 Å². The highest BCUT2D eigenvalue weighted by molar-refractivity contribution is 6.08. The van der Waals surface area contributed by atoms with Crippen molar-refractivity contribution in [3.63, 3.8) is 0 Å². The summed E-state index contributed by atoms with van der Waals surface area (Å²) in [6.45, 7) is 0.858. The standard InChI is InChI=1S/C19H21FN2O5/c1-11(22-17(24)14-4-2-3-5-15(14)18(22)25)19(26)27-10-16(23)21-13-8-6-12(20)7-9-13/h6-9,11,14-15H,2-5,10H2,1H3,(H,21,23)/t11-,14-,15-/m0/s1. The lowest BCUT2D eigenvalue weighted by Crippen LogP contribution is -2.45. The Hall–Kier alpha value is -2.77. The van der Waals surface area contributed by atoms with Crippen molar-refractivity contribution < 1.29 is 28.3 Å². The first-order valence-electron chi connectivity index (χ1n) is 8.97. The number of anilines is 1. The van der Waals surface area contributed by atoms with Gasteiger partial charge in [0.1, 0.15) is 11.9 Å². The number of nitrogens with zero attached hydrogens (tertiary/aromatic N) is 1. The molecule has 3 rings (SSSR count). The van der Waals surface area contributed by atoms with E-state index < -0.39 is 30.3 Å². The molecule has 1 aromatic carbocycles. The highest BCUT2D eigenvalue weighted by Crippen LogP contribution is 2.38. The number of hydrogen-bond donors (Lipinski definition) is 1. The third-order valence-electron chi connectivity index (χ3n) is 5.08. The molecule has 1 aliphatic carbocycles. The molecule has 1 saturated heterocycles. The molecule has 1 aromatic rings. The number of carbonyl (C=O) groups excluding carboxylic acids is 4. The number of halogens is 1. The second-order valence-corrected chi connectivity index (χ2v) is 6.88. The average molecular weight is 376 g/mol. The van der Waals surface area contributed by atoms with Crippen LogP contribution < -0.4 is 5.32 Å². The normalized spacial score (nSPS) is 23.0. The maximum Gasteiger partial charge on any atom is 0.329 e. The Morgan fingerprint density at radius 3 is 2.26 bits per heavy atom. The molecular weight excluding hydrogens is 355 g/mol. The third-order valence-corrected chi connectivity index (χ3v) is 5.08. The SMILES string of the molecule is C[C@@H](C(=O)OCC(=O)Nc1ccc(F)cc1)N1C(=O)[C@H]2CCCC[C@@H]2C1=O. The number of hydrogen-bond acceptors (Lipinski definition) is 5. The van der Waals surface area contributed by atoms with Gasteiger partial charge in [-0.2, -0.15) is 0 Å². The second-order valence-electron chi connectivity index (χ2n) is 6.88. The lowest BCUT2D eigenvalue weighted by Gasteiger charge is -2.21. The molecule has 1 aliphatic heterocycles. The summed E-state index contributed by atoms with van der Waals surface area (Å²) in [6.07, 6.45) is 3.12. The number of esters is 1. The fraction of sp³-hybridized carbons (Fsp3) is 0.474. The Morgan fingerprint density at radius 2 is 1.70 bits per heavy atom. The molecule has 7 nitrogen and oxygen atoms in total. The van der Waals surface area contributed by atoms with Crippen molar-refractivity contribution in [3.05, 3.63) is 30.1 Å². The molecule has 1 N–H and O–H groups in total. The summed E-state index contributed by atoms with van der Waals surface area (Å²) in [6, 6.07) is 4.05. The first kappa shape index (κ1) is 19.0. The first-order valence-corrected chi connectivity index (χ1v) is 8.97. The van der Waals surface area contributed by atoms with Crippen LogP contribution in [-0.4, -0.2) is 41.2 Å². The zero-order valence-corrected chi connectivity index (χ0v) is 14.9. The van der Waals surface area contributed by atoms with E-state index >= 15 is 0 Å². The zero-order valence-electron chi connectivity index (χ0n) is 14.9. The fourth-order valence-corrected chi connectivity index (χ4v) is 3.66. The minimum absolute atomic E-state index is 0.329. The quantitative estimate of drug-likeness (QED) is 0.626. The number of amides is 3. The van der Waals surface area contributed by atoms with Gasteiger partial charge in [0.05, 0.1) is 11.8 Å². The zero-order chi connectivity index (χ0) is 19.6. The largest absolute Gasteiger partial charge is 0.454 e. The van der Waals surface area contributed by atoms with Gasteiger partial charge in [-0.15, -0.1) is 0 Å². The van der Waals surface area contributed by atoms with Crippen molar-refractivity contribution in [3.8, 4) is 0 Å². The topological polar surface area (TPSA) is 92.8 Å². The number of likely N-dealkylation sites (tertiary alicyclic amines) is 1. The minimum atomic E-state index is -1.07. The van der Waals surface area contributed by atoms with E-state index in [1.165, 1.54) is 31.2 Å². The van der Waals surface area contributed by atoms with E-state index in [2.05, 4.69) is 5.32 Å². The molecule has 0 aromatic heterocycles. The number of benzene rings is 1. The van der Waals surface area contributed by atoms with Crippen molar-refractivity contribution in [2.45, 2.75) is 38.6 Å². The smallest absolute Gasteiger partial charge is 0.329 e. The maximum atomic E-state index is 12.8. The van der Waals surface area contributed by atoms with Crippen LogP contribution in [0.2, 0.25) is 0 Å². The second kappa shape index (κ2) is 7.85. The van der Waals surface area contributed by atoms with Crippen LogP contribution in [0.15, 0.2) is 24.3 Å². The molecule has 0 radical (unpaired) electrons. The van der Waals surface area contributed by atoms with E-state index in [1.807, 2.05) is 0 Å². The van der Waals surface area contributed by atoms with Crippen LogP contribution in [0.1, 0.15) is 32.6 Å². The molecule has 0 bridgehead atoms. The Balaban J connectivity index is 1.54. The Morgan fingerprint density at radius 1 is 1.15 bits per heavy atom. The Bertz CT molecular complexity index is 740. The van der Waals surface area contributed by atoms with E-state index in [-0.39, 0.29) is 23.7 Å². The van der Waals surface area contributed by atoms with Crippen LogP contribution in [0.25, 0.3) is 0 Å². The van der Waals surface area contributed by atoms with Gasteiger partial charge in [0.2, 0.25) is 11.8 Å². The van der Waals surface area contributed by atoms with E-state index in [4.69, 9.17) is 4.74 Å². The van der Waals surface area contributed by atoms with Gasteiger partial charge in [-0.25, -0.2) is 9.18 Å². The number of imide groups is 1. The van der Waals surface area contributed by atoms with E-state index in [0.717, 1.165) is 17.7 Å². The van der Waals surface area contributed by atoms with Crippen molar-refractivity contribution >= 4 is 29.4 Å². The molecule has 0 spiro atoms. The van der Waals surface area contributed by atoms with Gasteiger partial charge >= 0.3 is 5.97 Å². The summed E-state index contributed by atoms with van der Waals surface area (Å²) in [7, 11) is 0. The molecule has 1 saturated carbocycles. The van der Waals surface area contributed by atoms with Gasteiger partial charge in [0, 0.05) is 5.69 Å². The van der Waals surface area contributed by atoms with Gasteiger partial charge in [-0.05, 0) is 44.0 Å². The maximum absolute atomic E-state index is 12.8. The molecule has 8 heteroatoms. The number of ether oxygens (including phenoxy) is 1. The van der Waals surface area contributed by atoms with Crippen molar-refractivity contribution in [1.82, 2.24) is 4.90 Å². The molecule has 0 unspecified atom stereocenters. The number of carbonyl (C=O) groups is 4. The lowest BCUT2D eigenvalue weighted by atomic mass is 9.81. The Kier molecular flexibility index (Phi) is 5.53. The Labute approximate surface area is 155 Å². The summed E-state index contributed by atoms with van der Waals surface area (Å²) >= 11 is 0. The van der Waals surface area contributed by atoms with E-state index in [1.54, 1.807) is 0 Å². The van der Waals surface area contributed by atoms with Gasteiger partial charge in [-0.3, -0.25) is 19.3 Å². The molecule has 3 amide bonds. The minimum Gasteiger partial charge on any atom is -0.454 e. The molecule has 27 heavy (non-hydrogen) atoms. The van der Waals surface area contributed by atoms with Crippen LogP contribution in [0.5, 0.6) is 0 Å². The third kappa shape index (κ3) is 3.99. The number of rotatable bonds is 5. The summed E-state index contributed by atoms with van der Waals surface area (Å²) in [5.74, 6) is -3.20. The number of fused-ring (bicyclic) bond motifs is 1. The lowest BCUT2D eigenvalue weighted by molar-refractivity contribution is -0.159. The van der Waals surface area contributed by atoms with Gasteiger partial charge in [0.25, 0.3) is 5.91 Å². The molecule has 144 valence electrons. The highest BCUT2D eigenvalue weighted by atomic mass is 19.1. The van der Waals surface area contributed by atoms with Gasteiger partial charge in [0.15, 0.2) is 6.61 Å². The molecule has 3 atom stereocenters. The summed E-state index contributed by atoms with van der Waals surface area (Å²) in [5.41, 5.74) is 0.361. The van der Waals surface area contributed by atoms with E-state index in [0.29, 0.717) is 18.5 Å². The highest BCUT2D eigenvalue weighted by Gasteiger charge is 2.51. The molecule has 1 heterocycles. The van der Waals surface area contributed by atoms with Crippen LogP contribution >= 0.6 is 0 Å². The first-order chi connectivity index (χ1) is 12.9. The summed E-state index contributed by atoms with van der Waals surface area (Å²) in [5, 5.41) is 2.46. The van der Waals surface area contributed by atoms with Crippen molar-refractivity contribution in [2.75, 3.05) is 11.9 Å². The molecule has 2 fully saturated rings. The van der Waals surface area contributed by atoms with Gasteiger partial charge in [-0.1, -0.05) is 12.8 Å². The summed E-state index contributed by atoms with van der Waals surface area (Å²) in [4.78, 5) is 50.0. The predicted octanol–water partition coefficient (Wildman–Crippen LogP) is 1.87. The van der Waals surface area contributed by atoms with Gasteiger partial charge < -0.3 is 10.1 Å². The van der Waals surface area contributed by atoms with Crippen LogP contribution in [0.4, 0.5) is 10.1 Å². The van der Waals surface area contributed by atoms with Crippen LogP contribution in [0.3, 0.4) is 0 Å². The van der Waals surface area contributed by atoms with Crippen LogP contribution in [-0.2, 0) is 23.9 Å². The fourth-order valence-electron chi connectivity index (χ4n) is 3.66. The molecular formula is C19H21FN2O5.